The molecular weight excluding hydrogens is 346 g/mol. The van der Waals surface area contributed by atoms with Gasteiger partial charge >= 0.3 is 0 Å². The largest absolute Gasteiger partial charge is 0.383 e. The molecule has 0 saturated carbocycles. The molecule has 0 aromatic carbocycles. The van der Waals surface area contributed by atoms with Gasteiger partial charge in [0.15, 0.2) is 5.69 Å². The number of rotatable bonds is 8. The average molecular weight is 374 g/mol. The van der Waals surface area contributed by atoms with Crippen molar-refractivity contribution in [1.82, 2.24) is 26.1 Å². The molecule has 1 aromatic rings. The Morgan fingerprint density at radius 3 is 2.80 bits per heavy atom. The van der Waals surface area contributed by atoms with Crippen molar-refractivity contribution in [3.8, 4) is 0 Å². The van der Waals surface area contributed by atoms with Gasteiger partial charge in [0.2, 0.25) is 5.91 Å². The fraction of sp³-hybridized carbons (Fsp3) is 0.688. The first-order chi connectivity index (χ1) is 11.5. The zero-order valence-corrected chi connectivity index (χ0v) is 15.8. The van der Waals surface area contributed by atoms with Gasteiger partial charge in [0, 0.05) is 44.4 Å². The Balaban J connectivity index is 0.00000312. The van der Waals surface area contributed by atoms with Crippen LogP contribution in [0.2, 0.25) is 0 Å². The number of aromatic amines is 1. The second-order valence-corrected chi connectivity index (χ2v) is 6.40. The molecule has 2 rings (SSSR count). The molecule has 0 fully saturated rings. The predicted octanol–water partition coefficient (Wildman–Crippen LogP) is 0.384. The second-order valence-electron chi connectivity index (χ2n) is 6.40. The van der Waals surface area contributed by atoms with Gasteiger partial charge in [-0.2, -0.15) is 5.10 Å². The summed E-state index contributed by atoms with van der Waals surface area (Å²) >= 11 is 0. The van der Waals surface area contributed by atoms with Gasteiger partial charge in [-0.15, -0.1) is 12.4 Å². The standard InChI is InChI=1S/C16H27N5O3.ClH/c1-10(2)8-13(15(22)18-6-7-24-3)19-16(23)14-11-9-17-5-4-12(11)20-21-14;/h10,13,17H,4-9H2,1-3H3,(H,18,22)(H,19,23)(H,20,21);1H/t13-;/m0./s1. The highest BCUT2D eigenvalue weighted by molar-refractivity contribution is 5.97. The zero-order valence-electron chi connectivity index (χ0n) is 15.0. The fourth-order valence-electron chi connectivity index (χ4n) is 2.74. The average Bonchev–Trinajstić information content (AvgIpc) is 2.98. The summed E-state index contributed by atoms with van der Waals surface area (Å²) in [6, 6.07) is -0.585. The molecule has 1 atom stereocenters. The van der Waals surface area contributed by atoms with Gasteiger partial charge in [-0.3, -0.25) is 14.7 Å². The molecule has 0 bridgehead atoms. The quantitative estimate of drug-likeness (QED) is 0.493. The molecule has 0 unspecified atom stereocenters. The summed E-state index contributed by atoms with van der Waals surface area (Å²) in [5, 5.41) is 15.9. The maximum atomic E-state index is 12.6. The number of amides is 2. The number of hydrogen-bond acceptors (Lipinski definition) is 5. The van der Waals surface area contributed by atoms with E-state index in [1.165, 1.54) is 0 Å². The van der Waals surface area contributed by atoms with Gasteiger partial charge in [-0.25, -0.2) is 0 Å². The fourth-order valence-corrected chi connectivity index (χ4v) is 2.74. The number of nitrogens with zero attached hydrogens (tertiary/aromatic N) is 1. The molecule has 1 aliphatic rings. The smallest absolute Gasteiger partial charge is 0.272 e. The van der Waals surface area contributed by atoms with Crippen molar-refractivity contribution in [3.05, 3.63) is 17.0 Å². The van der Waals surface area contributed by atoms with Crippen LogP contribution >= 0.6 is 12.4 Å². The van der Waals surface area contributed by atoms with E-state index >= 15 is 0 Å². The minimum Gasteiger partial charge on any atom is -0.383 e. The molecule has 0 saturated heterocycles. The third-order valence-corrected chi connectivity index (χ3v) is 3.96. The van der Waals surface area contributed by atoms with Crippen LogP contribution in [0.15, 0.2) is 0 Å². The summed E-state index contributed by atoms with van der Waals surface area (Å²) in [7, 11) is 1.58. The number of hydrogen-bond donors (Lipinski definition) is 4. The maximum Gasteiger partial charge on any atom is 0.272 e. The maximum absolute atomic E-state index is 12.6. The minimum atomic E-state index is -0.585. The van der Waals surface area contributed by atoms with Crippen LogP contribution < -0.4 is 16.0 Å². The lowest BCUT2D eigenvalue weighted by Gasteiger charge is -2.20. The third-order valence-electron chi connectivity index (χ3n) is 3.96. The summed E-state index contributed by atoms with van der Waals surface area (Å²) in [5.74, 6) is -0.237. The number of carbonyl (C=O) groups excluding carboxylic acids is 2. The second kappa shape index (κ2) is 10.4. The molecule has 142 valence electrons. The van der Waals surface area contributed by atoms with Crippen LogP contribution in [0.5, 0.6) is 0 Å². The van der Waals surface area contributed by atoms with E-state index < -0.39 is 6.04 Å². The summed E-state index contributed by atoms with van der Waals surface area (Å²) < 4.78 is 4.93. The Hall–Kier alpha value is -1.64. The molecule has 4 N–H and O–H groups in total. The number of methoxy groups -OCH3 is 1. The van der Waals surface area contributed by atoms with Crippen molar-refractivity contribution < 1.29 is 14.3 Å². The van der Waals surface area contributed by atoms with Crippen LogP contribution in [0, 0.1) is 5.92 Å². The Labute approximate surface area is 154 Å². The number of nitrogens with one attached hydrogen (secondary N) is 4. The van der Waals surface area contributed by atoms with Gasteiger partial charge in [-0.05, 0) is 12.3 Å². The van der Waals surface area contributed by atoms with E-state index in [4.69, 9.17) is 4.74 Å². The highest BCUT2D eigenvalue weighted by Crippen LogP contribution is 2.16. The van der Waals surface area contributed by atoms with Crippen molar-refractivity contribution in [1.29, 1.82) is 0 Å². The van der Waals surface area contributed by atoms with Crippen molar-refractivity contribution in [2.24, 2.45) is 5.92 Å². The van der Waals surface area contributed by atoms with E-state index in [-0.39, 0.29) is 30.1 Å². The molecule has 2 amide bonds. The Morgan fingerprint density at radius 2 is 2.12 bits per heavy atom. The van der Waals surface area contributed by atoms with Crippen LogP contribution in [-0.2, 0) is 22.5 Å². The number of ether oxygens (including phenoxy) is 1. The Bertz CT molecular complexity index is 576. The van der Waals surface area contributed by atoms with Crippen LogP contribution in [0.25, 0.3) is 0 Å². The molecule has 1 aliphatic heterocycles. The highest BCUT2D eigenvalue weighted by Gasteiger charge is 2.26. The summed E-state index contributed by atoms with van der Waals surface area (Å²) in [6.07, 6.45) is 1.39. The third kappa shape index (κ3) is 5.98. The van der Waals surface area contributed by atoms with E-state index in [9.17, 15) is 9.59 Å². The van der Waals surface area contributed by atoms with E-state index in [1.807, 2.05) is 13.8 Å². The first kappa shape index (κ1) is 21.4. The van der Waals surface area contributed by atoms with Crippen LogP contribution in [0.1, 0.15) is 42.0 Å². The lowest BCUT2D eigenvalue weighted by atomic mass is 10.0. The van der Waals surface area contributed by atoms with E-state index in [0.717, 1.165) is 24.2 Å². The van der Waals surface area contributed by atoms with Gasteiger partial charge in [0.25, 0.3) is 5.91 Å². The molecule has 9 heteroatoms. The molecule has 0 radical (unpaired) electrons. The van der Waals surface area contributed by atoms with Crippen LogP contribution in [0.4, 0.5) is 0 Å². The summed E-state index contributed by atoms with van der Waals surface area (Å²) in [5.41, 5.74) is 2.25. The lowest BCUT2D eigenvalue weighted by molar-refractivity contribution is -0.123. The number of H-pyrrole nitrogens is 1. The summed E-state index contributed by atoms with van der Waals surface area (Å²) in [4.78, 5) is 24.9. The van der Waals surface area contributed by atoms with E-state index in [0.29, 0.717) is 31.8 Å². The van der Waals surface area contributed by atoms with Gasteiger partial charge < -0.3 is 20.7 Å². The molecule has 2 heterocycles. The number of aromatic nitrogens is 2. The highest BCUT2D eigenvalue weighted by atomic mass is 35.5. The van der Waals surface area contributed by atoms with Crippen molar-refractivity contribution in [3.63, 3.8) is 0 Å². The molecule has 0 aliphatic carbocycles. The minimum absolute atomic E-state index is 0. The number of halogens is 1. The molecule has 25 heavy (non-hydrogen) atoms. The van der Waals surface area contributed by atoms with Gasteiger partial charge in [-0.1, -0.05) is 13.8 Å². The Kier molecular flexibility index (Phi) is 8.88. The summed E-state index contributed by atoms with van der Waals surface area (Å²) in [6.45, 7) is 6.37. The molecular formula is C16H28ClN5O3. The topological polar surface area (TPSA) is 108 Å². The lowest BCUT2D eigenvalue weighted by Crippen LogP contribution is -2.48. The molecule has 8 nitrogen and oxygen atoms in total. The normalized spacial score (nSPS) is 14.4. The van der Waals surface area contributed by atoms with E-state index in [2.05, 4.69) is 26.1 Å². The van der Waals surface area contributed by atoms with Crippen LogP contribution in [0.3, 0.4) is 0 Å². The van der Waals surface area contributed by atoms with Crippen LogP contribution in [-0.4, -0.2) is 54.9 Å². The van der Waals surface area contributed by atoms with Crippen molar-refractivity contribution in [2.45, 2.75) is 39.3 Å². The predicted molar refractivity (Wildman–Crippen MR) is 96.8 cm³/mol. The monoisotopic (exact) mass is 373 g/mol. The van der Waals surface area contributed by atoms with Crippen molar-refractivity contribution >= 4 is 24.2 Å². The number of fused-ring (bicyclic) bond motifs is 1. The van der Waals surface area contributed by atoms with Gasteiger partial charge in [0.05, 0.1) is 6.61 Å². The first-order valence-corrected chi connectivity index (χ1v) is 8.37. The zero-order chi connectivity index (χ0) is 17.5. The SMILES string of the molecule is COCCNC(=O)[C@H](CC(C)C)NC(=O)c1n[nH]c2c1CNCC2.Cl. The Morgan fingerprint density at radius 1 is 1.36 bits per heavy atom. The molecule has 1 aromatic heterocycles. The van der Waals surface area contributed by atoms with E-state index in [1.54, 1.807) is 7.11 Å². The molecule has 0 spiro atoms. The van der Waals surface area contributed by atoms with Crippen molar-refractivity contribution in [2.75, 3.05) is 26.8 Å². The van der Waals surface area contributed by atoms with Gasteiger partial charge in [0.1, 0.15) is 6.04 Å². The number of carbonyl (C=O) groups is 2. The first-order valence-electron chi connectivity index (χ1n) is 8.37.